The minimum Gasteiger partial charge on any atom is -0.345 e. The van der Waals surface area contributed by atoms with E-state index in [1.165, 1.54) is 29.2 Å². The molecule has 0 aliphatic carbocycles. The topological polar surface area (TPSA) is 92.6 Å². The first-order valence-electron chi connectivity index (χ1n) is 7.52. The van der Waals surface area contributed by atoms with Crippen LogP contribution in [0.3, 0.4) is 0 Å². The highest BCUT2D eigenvalue weighted by Crippen LogP contribution is 2.25. The van der Waals surface area contributed by atoms with Crippen molar-refractivity contribution in [2.45, 2.75) is 0 Å². The van der Waals surface area contributed by atoms with E-state index >= 15 is 0 Å². The van der Waals surface area contributed by atoms with Crippen molar-refractivity contribution >= 4 is 40.9 Å². The third kappa shape index (κ3) is 4.90. The zero-order valence-corrected chi connectivity index (χ0v) is 14.9. The zero-order chi connectivity index (χ0) is 19.3. The smallest absolute Gasteiger partial charge is 0.288 e. The lowest BCUT2D eigenvalue weighted by Gasteiger charge is -2.11. The van der Waals surface area contributed by atoms with Crippen molar-refractivity contribution in [3.05, 3.63) is 74.8 Å². The molecule has 0 unspecified atom stereocenters. The molecule has 26 heavy (non-hydrogen) atoms. The first-order valence-corrected chi connectivity index (χ1v) is 7.90. The van der Waals surface area contributed by atoms with Gasteiger partial charge in [0.25, 0.3) is 11.6 Å². The molecule has 0 atom stereocenters. The molecule has 1 N–H and O–H groups in total. The first-order chi connectivity index (χ1) is 12.3. The van der Waals surface area contributed by atoms with Crippen molar-refractivity contribution in [2.24, 2.45) is 0 Å². The van der Waals surface area contributed by atoms with E-state index in [-0.39, 0.29) is 16.6 Å². The van der Waals surface area contributed by atoms with Crippen LogP contribution in [0.1, 0.15) is 15.9 Å². The lowest BCUT2D eigenvalue weighted by atomic mass is 10.1. The van der Waals surface area contributed by atoms with E-state index in [1.807, 2.05) is 0 Å². The molecule has 2 rings (SSSR count). The van der Waals surface area contributed by atoms with Crippen LogP contribution in [0.5, 0.6) is 0 Å². The van der Waals surface area contributed by atoms with Gasteiger partial charge in [0.2, 0.25) is 5.91 Å². The van der Waals surface area contributed by atoms with Gasteiger partial charge in [0.15, 0.2) is 0 Å². The maximum absolute atomic E-state index is 12.0. The second-order valence-electron chi connectivity index (χ2n) is 5.57. The van der Waals surface area contributed by atoms with Gasteiger partial charge < -0.3 is 10.2 Å². The number of benzene rings is 2. The number of rotatable bonds is 5. The van der Waals surface area contributed by atoms with Crippen LogP contribution in [-0.4, -0.2) is 35.7 Å². The minimum absolute atomic E-state index is 0.0268. The van der Waals surface area contributed by atoms with Crippen molar-refractivity contribution in [1.29, 1.82) is 0 Å². The maximum atomic E-state index is 12.0. The average Bonchev–Trinajstić information content (AvgIpc) is 2.60. The fourth-order valence-electron chi connectivity index (χ4n) is 2.12. The molecule has 2 aromatic carbocycles. The number of hydrogen-bond donors (Lipinski definition) is 1. The Morgan fingerprint density at radius 1 is 1.19 bits per heavy atom. The fraction of sp³-hybridized carbons (Fsp3) is 0.111. The molecule has 0 heterocycles. The Morgan fingerprint density at radius 3 is 2.58 bits per heavy atom. The van der Waals surface area contributed by atoms with Crippen LogP contribution in [-0.2, 0) is 4.79 Å². The molecule has 0 aliphatic rings. The van der Waals surface area contributed by atoms with Gasteiger partial charge in [-0.25, -0.2) is 0 Å². The highest BCUT2D eigenvalue weighted by Gasteiger charge is 2.12. The molecule has 8 heteroatoms. The summed E-state index contributed by atoms with van der Waals surface area (Å²) in [5.74, 6) is -0.609. The van der Waals surface area contributed by atoms with E-state index in [4.69, 9.17) is 11.6 Å². The zero-order valence-electron chi connectivity index (χ0n) is 14.1. The van der Waals surface area contributed by atoms with Gasteiger partial charge in [-0.15, -0.1) is 0 Å². The van der Waals surface area contributed by atoms with Crippen LogP contribution in [0.15, 0.2) is 48.5 Å². The number of nitrogens with one attached hydrogen (secondary N) is 1. The number of halogens is 1. The van der Waals surface area contributed by atoms with Crippen LogP contribution < -0.4 is 5.32 Å². The molecule has 7 nitrogen and oxygen atoms in total. The molecular weight excluding hydrogens is 358 g/mol. The van der Waals surface area contributed by atoms with E-state index < -0.39 is 10.8 Å². The summed E-state index contributed by atoms with van der Waals surface area (Å²) < 4.78 is 0. The molecule has 2 amide bonds. The summed E-state index contributed by atoms with van der Waals surface area (Å²) in [5.41, 5.74) is 1.15. The number of nitrogens with zero attached hydrogens (tertiary/aromatic N) is 2. The summed E-state index contributed by atoms with van der Waals surface area (Å²) in [7, 11) is 3.28. The lowest BCUT2D eigenvalue weighted by Crippen LogP contribution is -2.21. The minimum atomic E-state index is -0.590. The Labute approximate surface area is 155 Å². The molecule has 0 saturated carbocycles. The molecular formula is C18H16ClN3O4. The molecule has 0 aliphatic heterocycles. The molecule has 134 valence electrons. The number of hydrogen-bond acceptors (Lipinski definition) is 4. The predicted octanol–water partition coefficient (Wildman–Crippen LogP) is 3.60. The van der Waals surface area contributed by atoms with Crippen molar-refractivity contribution < 1.29 is 14.5 Å². The first kappa shape index (κ1) is 19.1. The van der Waals surface area contributed by atoms with Crippen LogP contribution in [0, 0.1) is 10.1 Å². The third-order valence-electron chi connectivity index (χ3n) is 3.38. The van der Waals surface area contributed by atoms with Gasteiger partial charge in [-0.2, -0.15) is 0 Å². The van der Waals surface area contributed by atoms with E-state index in [0.717, 1.165) is 0 Å². The summed E-state index contributed by atoms with van der Waals surface area (Å²) in [5, 5.41) is 13.5. The molecule has 0 spiro atoms. The van der Waals surface area contributed by atoms with Gasteiger partial charge in [0.05, 0.1) is 4.92 Å². The molecule has 2 aromatic rings. The number of nitro benzene ring substituents is 1. The Morgan fingerprint density at radius 2 is 1.92 bits per heavy atom. The summed E-state index contributed by atoms with van der Waals surface area (Å²) in [6, 6.07) is 10.8. The van der Waals surface area contributed by atoms with E-state index in [9.17, 15) is 19.7 Å². The van der Waals surface area contributed by atoms with Crippen molar-refractivity contribution in [2.75, 3.05) is 19.4 Å². The van der Waals surface area contributed by atoms with Crippen LogP contribution in [0.4, 0.5) is 11.4 Å². The largest absolute Gasteiger partial charge is 0.345 e. The van der Waals surface area contributed by atoms with Gasteiger partial charge in [-0.3, -0.25) is 19.7 Å². The molecule has 0 saturated heterocycles. The Kier molecular flexibility index (Phi) is 6.08. The highest BCUT2D eigenvalue weighted by atomic mass is 35.5. The van der Waals surface area contributed by atoms with Crippen LogP contribution in [0.25, 0.3) is 6.08 Å². The number of nitro groups is 1. The Hall–Kier alpha value is -3.19. The second-order valence-corrected chi connectivity index (χ2v) is 5.98. The van der Waals surface area contributed by atoms with Crippen LogP contribution >= 0.6 is 11.6 Å². The summed E-state index contributed by atoms with van der Waals surface area (Å²) in [4.78, 5) is 35.7. The third-order valence-corrected chi connectivity index (χ3v) is 3.70. The average molecular weight is 374 g/mol. The monoisotopic (exact) mass is 373 g/mol. The van der Waals surface area contributed by atoms with E-state index in [0.29, 0.717) is 16.8 Å². The van der Waals surface area contributed by atoms with Gasteiger partial charge >= 0.3 is 0 Å². The number of carbonyl (C=O) groups is 2. The lowest BCUT2D eigenvalue weighted by molar-refractivity contribution is -0.384. The summed E-state index contributed by atoms with van der Waals surface area (Å²) in [6.45, 7) is 0. The van der Waals surface area contributed by atoms with E-state index in [2.05, 4.69) is 5.32 Å². The van der Waals surface area contributed by atoms with Gasteiger partial charge in [0, 0.05) is 37.5 Å². The van der Waals surface area contributed by atoms with Crippen molar-refractivity contribution in [3.8, 4) is 0 Å². The highest BCUT2D eigenvalue weighted by molar-refractivity contribution is 6.32. The number of amides is 2. The summed E-state index contributed by atoms with van der Waals surface area (Å²) in [6.07, 6.45) is 2.68. The van der Waals surface area contributed by atoms with Crippen LogP contribution in [0.2, 0.25) is 5.02 Å². The second kappa shape index (κ2) is 8.26. The SMILES string of the molecule is CN(C)C(=O)c1cccc(NC(=O)/C=C/c2ccc(Cl)c([N+](=O)[O-])c2)c1. The molecule has 0 bridgehead atoms. The molecule has 0 radical (unpaired) electrons. The Bertz CT molecular complexity index is 894. The van der Waals surface area contributed by atoms with Crippen molar-refractivity contribution in [3.63, 3.8) is 0 Å². The number of carbonyl (C=O) groups excluding carboxylic acids is 2. The van der Waals surface area contributed by atoms with Gasteiger partial charge in [0.1, 0.15) is 5.02 Å². The quantitative estimate of drug-likeness (QED) is 0.492. The van der Waals surface area contributed by atoms with E-state index in [1.54, 1.807) is 44.4 Å². The van der Waals surface area contributed by atoms with Gasteiger partial charge in [-0.05, 0) is 35.9 Å². The Balaban J connectivity index is 2.11. The summed E-state index contributed by atoms with van der Waals surface area (Å²) >= 11 is 5.75. The molecule has 0 fully saturated rings. The predicted molar refractivity (Wildman–Crippen MR) is 100 cm³/mol. The number of anilines is 1. The van der Waals surface area contributed by atoms with Crippen molar-refractivity contribution in [1.82, 2.24) is 4.90 Å². The van der Waals surface area contributed by atoms with Gasteiger partial charge in [-0.1, -0.05) is 23.7 Å². The molecule has 0 aromatic heterocycles. The normalized spacial score (nSPS) is 10.6. The maximum Gasteiger partial charge on any atom is 0.288 e. The fourth-order valence-corrected chi connectivity index (χ4v) is 2.30. The standard InChI is InChI=1S/C18H16ClN3O4/c1-21(2)18(24)13-4-3-5-14(11-13)20-17(23)9-7-12-6-8-15(19)16(10-12)22(25)26/h3-11H,1-2H3,(H,20,23)/b9-7+.